The Hall–Kier alpha value is -1.58. The number of ketones is 1. The summed E-state index contributed by atoms with van der Waals surface area (Å²) in [4.78, 5) is 11.4. The molecule has 0 N–H and O–H groups in total. The molecule has 0 aliphatic heterocycles. The zero-order valence-corrected chi connectivity index (χ0v) is 12.4. The van der Waals surface area contributed by atoms with Crippen molar-refractivity contribution in [2.45, 2.75) is 16.7 Å². The lowest BCUT2D eigenvalue weighted by molar-refractivity contribution is -0.125. The molecule has 0 bridgehead atoms. The zero-order valence-electron chi connectivity index (χ0n) is 10.9. The third kappa shape index (κ3) is 2.76. The number of carbonyl (C=O) groups is 1. The molecule has 1 atom stereocenters. The number of carbonyl (C=O) groups excluding carboxylic acids is 1. The highest BCUT2D eigenvalue weighted by Gasteiger charge is 2.53. The summed E-state index contributed by atoms with van der Waals surface area (Å²) in [5.74, 6) is 0.396. The van der Waals surface area contributed by atoms with Crippen LogP contribution < -0.4 is 4.74 Å². The van der Waals surface area contributed by atoms with Crippen LogP contribution in [-0.4, -0.2) is 10.1 Å². The summed E-state index contributed by atoms with van der Waals surface area (Å²) in [6.07, 6.45) is 0.326. The molecule has 0 saturated heterocycles. The molecule has 3 rings (SSSR count). The number of Topliss-reactive ketones (excluding diaryl/α,β-unsaturated/α-hetero) is 1. The molecule has 5 heteroatoms. The van der Waals surface area contributed by atoms with Gasteiger partial charge < -0.3 is 4.74 Å². The molecule has 0 amide bonds. The Kier molecular flexibility index (Phi) is 3.64. The fourth-order valence-electron chi connectivity index (χ4n) is 2.27. The van der Waals surface area contributed by atoms with Crippen LogP contribution in [0.4, 0.5) is 4.39 Å². The summed E-state index contributed by atoms with van der Waals surface area (Å²) in [6.45, 7) is 0. The van der Waals surface area contributed by atoms with Gasteiger partial charge in [0.2, 0.25) is 0 Å². The van der Waals surface area contributed by atoms with Gasteiger partial charge in [0.25, 0.3) is 0 Å². The van der Waals surface area contributed by atoms with Gasteiger partial charge in [-0.15, -0.1) is 0 Å². The highest BCUT2D eigenvalue weighted by Crippen LogP contribution is 2.51. The van der Waals surface area contributed by atoms with Gasteiger partial charge >= 0.3 is 0 Å². The Morgan fingerprint density at radius 2 is 1.81 bits per heavy atom. The van der Waals surface area contributed by atoms with E-state index in [1.807, 2.05) is 6.07 Å². The van der Waals surface area contributed by atoms with Crippen molar-refractivity contribution in [3.8, 4) is 11.5 Å². The maximum absolute atomic E-state index is 12.9. The maximum Gasteiger partial charge on any atom is 0.183 e. The van der Waals surface area contributed by atoms with E-state index in [9.17, 15) is 9.18 Å². The first kappa shape index (κ1) is 14.4. The Balaban J connectivity index is 1.81. The van der Waals surface area contributed by atoms with Gasteiger partial charge in [-0.2, -0.15) is 0 Å². The lowest BCUT2D eigenvalue weighted by Gasteiger charge is -2.38. The molecule has 1 unspecified atom stereocenters. The van der Waals surface area contributed by atoms with E-state index in [-0.39, 0.29) is 17.5 Å². The third-order valence-corrected chi connectivity index (χ3v) is 4.46. The van der Waals surface area contributed by atoms with Crippen LogP contribution in [0.1, 0.15) is 17.9 Å². The van der Waals surface area contributed by atoms with Crippen molar-refractivity contribution in [1.29, 1.82) is 0 Å². The van der Waals surface area contributed by atoms with Gasteiger partial charge in [0.1, 0.15) is 17.3 Å². The number of hydrogen-bond acceptors (Lipinski definition) is 2. The van der Waals surface area contributed by atoms with E-state index in [0.29, 0.717) is 17.9 Å². The summed E-state index contributed by atoms with van der Waals surface area (Å²) in [6, 6.07) is 13.0. The molecule has 2 aromatic carbocycles. The van der Waals surface area contributed by atoms with Gasteiger partial charge in [0.15, 0.2) is 10.1 Å². The lowest BCUT2D eigenvalue weighted by atomic mass is 9.77. The van der Waals surface area contributed by atoms with Crippen molar-refractivity contribution in [2.75, 3.05) is 0 Å². The summed E-state index contributed by atoms with van der Waals surface area (Å²) in [5, 5.41) is 0. The van der Waals surface area contributed by atoms with Gasteiger partial charge in [-0.1, -0.05) is 35.3 Å². The molecule has 2 aromatic rings. The minimum absolute atomic E-state index is 0.166. The molecule has 108 valence electrons. The van der Waals surface area contributed by atoms with Crippen molar-refractivity contribution in [3.63, 3.8) is 0 Å². The highest BCUT2D eigenvalue weighted by molar-refractivity contribution is 6.61. The van der Waals surface area contributed by atoms with Gasteiger partial charge in [-0.05, 0) is 42.0 Å². The number of rotatable bonds is 3. The van der Waals surface area contributed by atoms with Crippen LogP contribution in [0.15, 0.2) is 48.5 Å². The molecule has 1 aliphatic carbocycles. The summed E-state index contributed by atoms with van der Waals surface area (Å²) < 4.78 is 17.2. The number of halogens is 3. The van der Waals surface area contributed by atoms with E-state index in [2.05, 4.69) is 0 Å². The normalized spacial score (nSPS) is 20.0. The lowest BCUT2D eigenvalue weighted by Crippen LogP contribution is -2.45. The predicted molar refractivity (Wildman–Crippen MR) is 79.7 cm³/mol. The van der Waals surface area contributed by atoms with Gasteiger partial charge in [-0.3, -0.25) is 4.79 Å². The molecule has 0 spiro atoms. The molecule has 1 saturated carbocycles. The van der Waals surface area contributed by atoms with E-state index in [1.54, 1.807) is 30.3 Å². The van der Waals surface area contributed by atoms with Crippen LogP contribution >= 0.6 is 23.2 Å². The molecule has 1 fully saturated rings. The van der Waals surface area contributed by atoms with Gasteiger partial charge in [-0.25, -0.2) is 4.39 Å². The second-order valence-corrected chi connectivity index (χ2v) is 6.32. The Bertz CT molecular complexity index is 683. The van der Waals surface area contributed by atoms with Gasteiger partial charge in [0, 0.05) is 12.3 Å². The van der Waals surface area contributed by atoms with Crippen molar-refractivity contribution in [2.24, 2.45) is 0 Å². The quantitative estimate of drug-likeness (QED) is 0.754. The number of benzene rings is 2. The van der Waals surface area contributed by atoms with Crippen LogP contribution in [-0.2, 0) is 4.79 Å². The molecule has 0 heterocycles. The van der Waals surface area contributed by atoms with Crippen LogP contribution in [0, 0.1) is 5.82 Å². The molecule has 2 nitrogen and oxygen atoms in total. The first-order chi connectivity index (χ1) is 9.96. The molecular weight excluding hydrogens is 314 g/mol. The Morgan fingerprint density at radius 3 is 2.43 bits per heavy atom. The minimum atomic E-state index is -1.35. The van der Waals surface area contributed by atoms with Crippen LogP contribution in [0.3, 0.4) is 0 Å². The third-order valence-electron chi connectivity index (χ3n) is 3.51. The molecular formula is C16H11Cl2FO2. The SMILES string of the molecule is O=C1CC(c2cccc(Oc3ccc(F)cc3)c2)C1(Cl)Cl. The minimum Gasteiger partial charge on any atom is -0.457 e. The highest BCUT2D eigenvalue weighted by atomic mass is 35.5. The van der Waals surface area contributed by atoms with E-state index >= 15 is 0 Å². The van der Waals surface area contributed by atoms with Crippen molar-refractivity contribution >= 4 is 29.0 Å². The largest absolute Gasteiger partial charge is 0.457 e. The van der Waals surface area contributed by atoms with Crippen LogP contribution in [0.25, 0.3) is 0 Å². The maximum atomic E-state index is 12.9. The van der Waals surface area contributed by atoms with Gasteiger partial charge in [0.05, 0.1) is 0 Å². The first-order valence-corrected chi connectivity index (χ1v) is 7.17. The van der Waals surface area contributed by atoms with Crippen molar-refractivity contribution in [3.05, 3.63) is 59.9 Å². The zero-order chi connectivity index (χ0) is 15.0. The molecule has 0 radical (unpaired) electrons. The number of hydrogen-bond donors (Lipinski definition) is 0. The second-order valence-electron chi connectivity index (χ2n) is 4.93. The van der Waals surface area contributed by atoms with Crippen molar-refractivity contribution < 1.29 is 13.9 Å². The molecule has 0 aromatic heterocycles. The number of ether oxygens (including phenoxy) is 1. The smallest absolute Gasteiger partial charge is 0.183 e. The molecule has 1 aliphatic rings. The van der Waals surface area contributed by atoms with Crippen LogP contribution in [0.5, 0.6) is 11.5 Å². The average Bonchev–Trinajstić information content (AvgIpc) is 2.47. The first-order valence-electron chi connectivity index (χ1n) is 6.41. The Morgan fingerprint density at radius 1 is 1.10 bits per heavy atom. The summed E-state index contributed by atoms with van der Waals surface area (Å²) in [7, 11) is 0. The monoisotopic (exact) mass is 324 g/mol. The fourth-order valence-corrected chi connectivity index (χ4v) is 2.83. The topological polar surface area (TPSA) is 26.3 Å². The fraction of sp³-hybridized carbons (Fsp3) is 0.188. The van der Waals surface area contributed by atoms with E-state index < -0.39 is 4.33 Å². The predicted octanol–water partition coefficient (Wildman–Crippen LogP) is 4.85. The van der Waals surface area contributed by atoms with E-state index in [4.69, 9.17) is 27.9 Å². The van der Waals surface area contributed by atoms with Crippen LogP contribution in [0.2, 0.25) is 0 Å². The summed E-state index contributed by atoms with van der Waals surface area (Å²) >= 11 is 12.0. The van der Waals surface area contributed by atoms with E-state index in [0.717, 1.165) is 5.56 Å². The standard InChI is InChI=1S/C16H11Cl2FO2/c17-16(18)14(9-15(16)20)10-2-1-3-13(8-10)21-12-6-4-11(19)5-7-12/h1-8,14H,9H2. The molecule has 21 heavy (non-hydrogen) atoms. The Labute approximate surface area is 131 Å². The second kappa shape index (κ2) is 5.32. The number of alkyl halides is 2. The summed E-state index contributed by atoms with van der Waals surface area (Å²) in [5.41, 5.74) is 0.846. The average molecular weight is 325 g/mol. The van der Waals surface area contributed by atoms with E-state index in [1.165, 1.54) is 12.1 Å². The van der Waals surface area contributed by atoms with Crippen molar-refractivity contribution in [1.82, 2.24) is 0 Å².